The molecule has 0 radical (unpaired) electrons. The Bertz CT molecular complexity index is 441. The first-order valence-corrected chi connectivity index (χ1v) is 6.11. The summed E-state index contributed by atoms with van der Waals surface area (Å²) >= 11 is 0. The lowest BCUT2D eigenvalue weighted by atomic mass is 10.1. The van der Waals surface area contributed by atoms with Crippen LogP contribution in [0.4, 0.5) is 0 Å². The standard InChI is InChI=1S/C13H17NO4/c1-13(17-7-10(14)8-18-13)9-2-3-11-12(6-9)16-5-4-15-11/h2-3,6,10H,4-5,7-8,14H2,1H3. The summed E-state index contributed by atoms with van der Waals surface area (Å²) in [6, 6.07) is 5.67. The van der Waals surface area contributed by atoms with Gasteiger partial charge in [-0.2, -0.15) is 0 Å². The minimum Gasteiger partial charge on any atom is -0.486 e. The quantitative estimate of drug-likeness (QED) is 0.807. The van der Waals surface area contributed by atoms with Gasteiger partial charge in [0.1, 0.15) is 13.2 Å². The largest absolute Gasteiger partial charge is 0.486 e. The van der Waals surface area contributed by atoms with Crippen LogP contribution in [0.5, 0.6) is 11.5 Å². The minimum atomic E-state index is -0.758. The number of hydrogen-bond acceptors (Lipinski definition) is 5. The van der Waals surface area contributed by atoms with Crippen molar-refractivity contribution in [2.24, 2.45) is 5.73 Å². The van der Waals surface area contributed by atoms with E-state index in [4.69, 9.17) is 24.7 Å². The molecular weight excluding hydrogens is 234 g/mol. The van der Waals surface area contributed by atoms with Gasteiger partial charge in [0.15, 0.2) is 17.3 Å². The van der Waals surface area contributed by atoms with Gasteiger partial charge in [-0.1, -0.05) is 0 Å². The van der Waals surface area contributed by atoms with E-state index in [-0.39, 0.29) is 6.04 Å². The molecule has 3 rings (SSSR count). The summed E-state index contributed by atoms with van der Waals surface area (Å²) in [5.74, 6) is 0.745. The molecule has 0 aliphatic carbocycles. The number of benzene rings is 1. The lowest BCUT2D eigenvalue weighted by molar-refractivity contribution is -0.270. The van der Waals surface area contributed by atoms with E-state index in [1.165, 1.54) is 0 Å². The van der Waals surface area contributed by atoms with E-state index in [1.54, 1.807) is 0 Å². The average molecular weight is 251 g/mol. The van der Waals surface area contributed by atoms with Gasteiger partial charge in [0, 0.05) is 5.56 Å². The second kappa shape index (κ2) is 4.42. The molecule has 0 bridgehead atoms. The van der Waals surface area contributed by atoms with Crippen LogP contribution in [-0.4, -0.2) is 32.5 Å². The lowest BCUT2D eigenvalue weighted by Gasteiger charge is -2.37. The van der Waals surface area contributed by atoms with Gasteiger partial charge in [0.25, 0.3) is 0 Å². The SMILES string of the molecule is CC1(c2ccc3c(c2)OCCO3)OCC(N)CO1. The van der Waals surface area contributed by atoms with E-state index < -0.39 is 5.79 Å². The number of hydrogen-bond donors (Lipinski definition) is 1. The maximum Gasteiger partial charge on any atom is 0.192 e. The van der Waals surface area contributed by atoms with Gasteiger partial charge in [-0.15, -0.1) is 0 Å². The molecule has 2 aliphatic rings. The molecule has 0 spiro atoms. The topological polar surface area (TPSA) is 62.9 Å². The van der Waals surface area contributed by atoms with Gasteiger partial charge in [-0.3, -0.25) is 0 Å². The first-order valence-electron chi connectivity index (χ1n) is 6.11. The van der Waals surface area contributed by atoms with Crippen molar-refractivity contribution in [1.82, 2.24) is 0 Å². The number of fused-ring (bicyclic) bond motifs is 1. The van der Waals surface area contributed by atoms with Gasteiger partial charge in [0.05, 0.1) is 19.3 Å². The van der Waals surface area contributed by atoms with Crippen LogP contribution in [0.15, 0.2) is 18.2 Å². The first-order chi connectivity index (χ1) is 8.67. The highest BCUT2D eigenvalue weighted by molar-refractivity contribution is 5.45. The molecule has 2 heterocycles. The lowest BCUT2D eigenvalue weighted by Crippen LogP contribution is -2.46. The Hall–Kier alpha value is -1.30. The highest BCUT2D eigenvalue weighted by Gasteiger charge is 2.34. The van der Waals surface area contributed by atoms with Crippen LogP contribution in [0.3, 0.4) is 0 Å². The highest BCUT2D eigenvalue weighted by atomic mass is 16.7. The van der Waals surface area contributed by atoms with Crippen molar-refractivity contribution in [2.75, 3.05) is 26.4 Å². The predicted octanol–water partition coefficient (Wildman–Crippen LogP) is 1.00. The van der Waals surface area contributed by atoms with E-state index in [0.29, 0.717) is 26.4 Å². The molecule has 5 nitrogen and oxygen atoms in total. The molecule has 0 saturated carbocycles. The van der Waals surface area contributed by atoms with E-state index >= 15 is 0 Å². The summed E-state index contributed by atoms with van der Waals surface area (Å²) < 4.78 is 22.5. The van der Waals surface area contributed by atoms with Crippen LogP contribution in [-0.2, 0) is 15.3 Å². The monoisotopic (exact) mass is 251 g/mol. The Morgan fingerprint density at radius 2 is 1.78 bits per heavy atom. The zero-order valence-corrected chi connectivity index (χ0v) is 10.3. The minimum absolute atomic E-state index is 0.0599. The fourth-order valence-corrected chi connectivity index (χ4v) is 2.11. The van der Waals surface area contributed by atoms with E-state index in [0.717, 1.165) is 17.1 Å². The van der Waals surface area contributed by atoms with Crippen molar-refractivity contribution in [2.45, 2.75) is 18.8 Å². The van der Waals surface area contributed by atoms with Gasteiger partial charge in [-0.05, 0) is 25.1 Å². The summed E-state index contributed by atoms with van der Waals surface area (Å²) in [5.41, 5.74) is 6.67. The first kappa shape index (κ1) is 11.8. The molecule has 1 aromatic carbocycles. The third kappa shape index (κ3) is 2.05. The van der Waals surface area contributed by atoms with Gasteiger partial charge < -0.3 is 24.7 Å². The molecule has 1 saturated heterocycles. The van der Waals surface area contributed by atoms with Gasteiger partial charge >= 0.3 is 0 Å². The predicted molar refractivity (Wildman–Crippen MR) is 64.7 cm³/mol. The molecule has 0 atom stereocenters. The third-order valence-corrected chi connectivity index (χ3v) is 3.21. The van der Waals surface area contributed by atoms with Crippen LogP contribution < -0.4 is 15.2 Å². The van der Waals surface area contributed by atoms with Crippen LogP contribution in [0.2, 0.25) is 0 Å². The Morgan fingerprint density at radius 1 is 1.11 bits per heavy atom. The van der Waals surface area contributed by atoms with Crippen LogP contribution in [0.1, 0.15) is 12.5 Å². The Balaban J connectivity index is 1.87. The number of rotatable bonds is 1. The molecule has 0 unspecified atom stereocenters. The van der Waals surface area contributed by atoms with E-state index in [1.807, 2.05) is 25.1 Å². The summed E-state index contributed by atoms with van der Waals surface area (Å²) in [4.78, 5) is 0. The van der Waals surface area contributed by atoms with Crippen LogP contribution in [0, 0.1) is 0 Å². The molecule has 18 heavy (non-hydrogen) atoms. The highest BCUT2D eigenvalue weighted by Crippen LogP contribution is 2.37. The van der Waals surface area contributed by atoms with E-state index in [2.05, 4.69) is 0 Å². The zero-order valence-electron chi connectivity index (χ0n) is 10.3. The van der Waals surface area contributed by atoms with Crippen molar-refractivity contribution in [3.63, 3.8) is 0 Å². The van der Waals surface area contributed by atoms with Crippen molar-refractivity contribution in [3.05, 3.63) is 23.8 Å². The van der Waals surface area contributed by atoms with Crippen molar-refractivity contribution >= 4 is 0 Å². The van der Waals surface area contributed by atoms with Crippen molar-refractivity contribution < 1.29 is 18.9 Å². The van der Waals surface area contributed by atoms with Crippen LogP contribution in [0.25, 0.3) is 0 Å². The summed E-state index contributed by atoms with van der Waals surface area (Å²) in [6.07, 6.45) is 0. The smallest absolute Gasteiger partial charge is 0.192 e. The maximum atomic E-state index is 5.75. The fourth-order valence-electron chi connectivity index (χ4n) is 2.11. The molecule has 0 aromatic heterocycles. The summed E-state index contributed by atoms with van der Waals surface area (Å²) in [5, 5.41) is 0. The summed E-state index contributed by atoms with van der Waals surface area (Å²) in [7, 11) is 0. The maximum absolute atomic E-state index is 5.75. The van der Waals surface area contributed by atoms with Gasteiger partial charge in [0.2, 0.25) is 0 Å². The van der Waals surface area contributed by atoms with Gasteiger partial charge in [-0.25, -0.2) is 0 Å². The Kier molecular flexibility index (Phi) is 2.89. The molecule has 2 N–H and O–H groups in total. The molecule has 2 aliphatic heterocycles. The Morgan fingerprint density at radius 3 is 2.50 bits per heavy atom. The Labute approximate surface area is 106 Å². The van der Waals surface area contributed by atoms with Crippen molar-refractivity contribution in [3.8, 4) is 11.5 Å². The molecule has 1 fully saturated rings. The average Bonchev–Trinajstić information content (AvgIpc) is 2.42. The van der Waals surface area contributed by atoms with Crippen molar-refractivity contribution in [1.29, 1.82) is 0 Å². The van der Waals surface area contributed by atoms with Crippen LogP contribution >= 0.6 is 0 Å². The fraction of sp³-hybridized carbons (Fsp3) is 0.538. The second-order valence-electron chi connectivity index (χ2n) is 4.69. The normalized spacial score (nSPS) is 31.1. The van der Waals surface area contributed by atoms with E-state index in [9.17, 15) is 0 Å². The zero-order chi connectivity index (χ0) is 12.6. The molecule has 0 amide bonds. The second-order valence-corrected chi connectivity index (χ2v) is 4.69. The summed E-state index contributed by atoms with van der Waals surface area (Å²) in [6.45, 7) is 4.03. The third-order valence-electron chi connectivity index (χ3n) is 3.21. The molecule has 1 aromatic rings. The molecule has 98 valence electrons. The number of nitrogens with two attached hydrogens (primary N) is 1. The number of ether oxygens (including phenoxy) is 4. The molecular formula is C13H17NO4. The molecule has 5 heteroatoms.